The molecule has 92 valence electrons. The number of hydrogen-bond donors (Lipinski definition) is 0. The Kier molecular flexibility index (Phi) is 3.37. The van der Waals surface area contributed by atoms with E-state index in [4.69, 9.17) is 0 Å². The fourth-order valence-electron chi connectivity index (χ4n) is 1.71. The van der Waals surface area contributed by atoms with Crippen LogP contribution in [0.1, 0.15) is 32.8 Å². The number of imidazole rings is 1. The average molecular weight is 242 g/mol. The third-order valence-electron chi connectivity index (χ3n) is 2.65. The monoisotopic (exact) mass is 242 g/mol. The summed E-state index contributed by atoms with van der Waals surface area (Å²) < 4.78 is 1.68. The summed E-state index contributed by atoms with van der Waals surface area (Å²) in [6, 6.07) is 7.24. The van der Waals surface area contributed by atoms with Crippen molar-refractivity contribution in [2.75, 3.05) is 0 Å². The Bertz CT molecular complexity index is 599. The number of ketones is 2. The van der Waals surface area contributed by atoms with Crippen molar-refractivity contribution in [2.24, 2.45) is 7.05 Å². The first-order valence-electron chi connectivity index (χ1n) is 5.67. The van der Waals surface area contributed by atoms with Crippen molar-refractivity contribution in [3.63, 3.8) is 0 Å². The van der Waals surface area contributed by atoms with Gasteiger partial charge >= 0.3 is 0 Å². The van der Waals surface area contributed by atoms with E-state index >= 15 is 0 Å². The van der Waals surface area contributed by atoms with Gasteiger partial charge in [-0.05, 0) is 13.0 Å². The predicted octanol–water partition coefficient (Wildman–Crippen LogP) is 2.18. The van der Waals surface area contributed by atoms with Gasteiger partial charge in [0.25, 0.3) is 0 Å². The Morgan fingerprint density at radius 1 is 1.28 bits per heavy atom. The summed E-state index contributed by atoms with van der Waals surface area (Å²) in [5.41, 5.74) is 1.91. The zero-order chi connectivity index (χ0) is 13.1. The fraction of sp³-hybridized carbons (Fsp3) is 0.214. The summed E-state index contributed by atoms with van der Waals surface area (Å²) in [7, 11) is 1.78. The predicted molar refractivity (Wildman–Crippen MR) is 67.7 cm³/mol. The number of rotatable bonds is 4. The molecule has 0 aliphatic rings. The van der Waals surface area contributed by atoms with Crippen molar-refractivity contribution in [3.8, 4) is 0 Å². The molecule has 0 atom stereocenters. The lowest BCUT2D eigenvalue weighted by molar-refractivity contribution is 0.0891. The van der Waals surface area contributed by atoms with Crippen molar-refractivity contribution in [1.29, 1.82) is 0 Å². The largest absolute Gasteiger partial charge is 0.340 e. The van der Waals surface area contributed by atoms with Crippen LogP contribution in [0.3, 0.4) is 0 Å². The number of aryl methyl sites for hydroxylation is 2. The lowest BCUT2D eigenvalue weighted by atomic mass is 10.0. The van der Waals surface area contributed by atoms with Gasteiger partial charge in [-0.3, -0.25) is 9.59 Å². The quantitative estimate of drug-likeness (QED) is 0.610. The maximum atomic E-state index is 11.9. The van der Waals surface area contributed by atoms with Crippen LogP contribution in [0, 0.1) is 6.92 Å². The van der Waals surface area contributed by atoms with Crippen LogP contribution in [0.15, 0.2) is 36.8 Å². The number of hydrogen-bond acceptors (Lipinski definition) is 3. The number of carbonyl (C=O) groups is 2. The van der Waals surface area contributed by atoms with Crippen LogP contribution in [0.25, 0.3) is 0 Å². The highest BCUT2D eigenvalue weighted by Crippen LogP contribution is 2.09. The molecule has 0 fully saturated rings. The lowest BCUT2D eigenvalue weighted by Gasteiger charge is -2.00. The fourth-order valence-corrected chi connectivity index (χ4v) is 1.71. The highest BCUT2D eigenvalue weighted by atomic mass is 16.1. The van der Waals surface area contributed by atoms with Gasteiger partial charge in [-0.2, -0.15) is 0 Å². The van der Waals surface area contributed by atoms with E-state index in [1.807, 2.05) is 19.1 Å². The topological polar surface area (TPSA) is 52.0 Å². The van der Waals surface area contributed by atoms with Gasteiger partial charge in [-0.25, -0.2) is 4.98 Å². The second-order valence-corrected chi connectivity index (χ2v) is 4.32. The number of nitrogens with zero attached hydrogens (tertiary/aromatic N) is 2. The van der Waals surface area contributed by atoms with Gasteiger partial charge in [-0.15, -0.1) is 0 Å². The summed E-state index contributed by atoms with van der Waals surface area (Å²) >= 11 is 0. The third kappa shape index (κ3) is 2.71. The molecule has 0 unspecified atom stereocenters. The van der Waals surface area contributed by atoms with Gasteiger partial charge in [-0.1, -0.05) is 23.8 Å². The Morgan fingerprint density at radius 3 is 2.67 bits per heavy atom. The molecule has 4 heteroatoms. The first kappa shape index (κ1) is 12.2. The van der Waals surface area contributed by atoms with Crippen LogP contribution in [-0.4, -0.2) is 21.1 Å². The molecular weight excluding hydrogens is 228 g/mol. The maximum absolute atomic E-state index is 11.9. The third-order valence-corrected chi connectivity index (χ3v) is 2.65. The second-order valence-electron chi connectivity index (χ2n) is 4.32. The number of carbonyl (C=O) groups excluding carboxylic acids is 2. The molecule has 0 bridgehead atoms. The van der Waals surface area contributed by atoms with Gasteiger partial charge < -0.3 is 4.57 Å². The smallest absolute Gasteiger partial charge is 0.190 e. The van der Waals surface area contributed by atoms with Crippen molar-refractivity contribution in [2.45, 2.75) is 13.3 Å². The molecule has 1 heterocycles. The molecular formula is C14H14N2O2. The zero-order valence-corrected chi connectivity index (χ0v) is 10.4. The van der Waals surface area contributed by atoms with E-state index in [9.17, 15) is 9.59 Å². The first-order chi connectivity index (χ1) is 8.56. The Labute approximate surface area is 105 Å². The van der Waals surface area contributed by atoms with E-state index in [0.29, 0.717) is 11.3 Å². The molecule has 1 aromatic heterocycles. The van der Waals surface area contributed by atoms with Crippen LogP contribution in [0.5, 0.6) is 0 Å². The molecule has 2 rings (SSSR count). The first-order valence-corrected chi connectivity index (χ1v) is 5.67. The van der Waals surface area contributed by atoms with Crippen LogP contribution in [0.2, 0.25) is 0 Å². The summed E-state index contributed by atoms with van der Waals surface area (Å²) in [5.74, 6) is -0.420. The Morgan fingerprint density at radius 2 is 2.06 bits per heavy atom. The molecule has 1 aromatic carbocycles. The standard InChI is InChI=1S/C14H14N2O2/c1-10-4-3-5-11(6-10)13(17)7-14(18)12-8-16(2)9-15-12/h3-6,8-9H,7H2,1-2H3. The van der Waals surface area contributed by atoms with Gasteiger partial charge in [0.2, 0.25) is 0 Å². The van der Waals surface area contributed by atoms with E-state index in [0.717, 1.165) is 5.56 Å². The average Bonchev–Trinajstić information content (AvgIpc) is 2.76. The molecule has 0 aliphatic heterocycles. The Hall–Kier alpha value is -2.23. The summed E-state index contributed by atoms with van der Waals surface area (Å²) in [4.78, 5) is 27.7. The molecule has 4 nitrogen and oxygen atoms in total. The van der Waals surface area contributed by atoms with Gasteiger partial charge in [0, 0.05) is 18.8 Å². The summed E-state index contributed by atoms with van der Waals surface area (Å²) in [6.45, 7) is 1.91. The van der Waals surface area contributed by atoms with E-state index in [1.54, 1.807) is 36.3 Å². The number of aromatic nitrogens is 2. The molecule has 0 amide bonds. The van der Waals surface area contributed by atoms with Crippen LogP contribution < -0.4 is 0 Å². The molecule has 0 saturated heterocycles. The SMILES string of the molecule is Cc1cccc(C(=O)CC(=O)c2cn(C)cn2)c1. The molecule has 0 radical (unpaired) electrons. The van der Waals surface area contributed by atoms with Crippen molar-refractivity contribution < 1.29 is 9.59 Å². The van der Waals surface area contributed by atoms with Gasteiger partial charge in [0.05, 0.1) is 12.7 Å². The number of benzene rings is 1. The molecule has 0 N–H and O–H groups in total. The van der Waals surface area contributed by atoms with E-state index in [1.165, 1.54) is 0 Å². The highest BCUT2D eigenvalue weighted by Gasteiger charge is 2.15. The van der Waals surface area contributed by atoms with Crippen molar-refractivity contribution in [3.05, 3.63) is 53.6 Å². The van der Waals surface area contributed by atoms with E-state index < -0.39 is 0 Å². The van der Waals surface area contributed by atoms with E-state index in [-0.39, 0.29) is 18.0 Å². The van der Waals surface area contributed by atoms with Gasteiger partial charge in [0.1, 0.15) is 5.69 Å². The molecule has 2 aromatic rings. The molecule has 0 aliphatic carbocycles. The normalized spacial score (nSPS) is 10.3. The lowest BCUT2D eigenvalue weighted by Crippen LogP contribution is -2.09. The van der Waals surface area contributed by atoms with Crippen LogP contribution in [0.4, 0.5) is 0 Å². The molecule has 18 heavy (non-hydrogen) atoms. The second kappa shape index (κ2) is 4.96. The summed E-state index contributed by atoms with van der Waals surface area (Å²) in [6.07, 6.45) is 3.02. The van der Waals surface area contributed by atoms with E-state index in [2.05, 4.69) is 4.98 Å². The minimum Gasteiger partial charge on any atom is -0.340 e. The van der Waals surface area contributed by atoms with Crippen molar-refractivity contribution >= 4 is 11.6 Å². The Balaban J connectivity index is 2.10. The van der Waals surface area contributed by atoms with Crippen molar-refractivity contribution in [1.82, 2.24) is 9.55 Å². The zero-order valence-electron chi connectivity index (χ0n) is 10.4. The summed E-state index contributed by atoms with van der Waals surface area (Å²) in [5, 5.41) is 0. The minimum absolute atomic E-state index is 0.138. The highest BCUT2D eigenvalue weighted by molar-refractivity contribution is 6.12. The van der Waals surface area contributed by atoms with Crippen LogP contribution in [-0.2, 0) is 7.05 Å². The van der Waals surface area contributed by atoms with Crippen LogP contribution >= 0.6 is 0 Å². The molecule has 0 spiro atoms. The molecule has 0 saturated carbocycles. The number of Topliss-reactive ketones (excluding diaryl/α,β-unsaturated/α-hetero) is 2. The van der Waals surface area contributed by atoms with Gasteiger partial charge in [0.15, 0.2) is 11.6 Å². The minimum atomic E-state index is -0.248. The maximum Gasteiger partial charge on any atom is 0.190 e.